The lowest BCUT2D eigenvalue weighted by molar-refractivity contribution is -0.0375. The van der Waals surface area contributed by atoms with E-state index in [2.05, 4.69) is 30.5 Å². The molecule has 0 amide bonds. The molecule has 1 saturated heterocycles. The predicted octanol–water partition coefficient (Wildman–Crippen LogP) is 1.63. The zero-order valence-electron chi connectivity index (χ0n) is 17.2. The third-order valence-corrected chi connectivity index (χ3v) is 6.79. The Hall–Kier alpha value is -1.90. The number of nitrogens with zero attached hydrogens (tertiary/aromatic N) is 6. The van der Waals surface area contributed by atoms with Crippen molar-refractivity contribution in [1.29, 1.82) is 0 Å². The molecule has 3 heterocycles. The van der Waals surface area contributed by atoms with E-state index in [1.807, 2.05) is 17.9 Å². The molecule has 2 aliphatic carbocycles. The van der Waals surface area contributed by atoms with Crippen LogP contribution in [0, 0.1) is 17.8 Å². The summed E-state index contributed by atoms with van der Waals surface area (Å²) in [6, 6.07) is 0.255. The van der Waals surface area contributed by atoms with Gasteiger partial charge < -0.3 is 15.0 Å². The lowest BCUT2D eigenvalue weighted by Crippen LogP contribution is -2.38. The number of nitrogens with one attached hydrogen (secondary N) is 1. The maximum absolute atomic E-state index is 6.47. The Kier molecular flexibility index (Phi) is 5.56. The van der Waals surface area contributed by atoms with Crippen LogP contribution in [0.4, 0.5) is 0 Å². The summed E-state index contributed by atoms with van der Waals surface area (Å²) in [6.45, 7) is 5.47. The topological polar surface area (TPSA) is 81.0 Å². The van der Waals surface area contributed by atoms with Crippen LogP contribution in [-0.2, 0) is 4.74 Å². The fraction of sp³-hybridized carbons (Fsp3) is 0.714. The van der Waals surface area contributed by atoms with Gasteiger partial charge in [-0.25, -0.2) is 14.6 Å². The second kappa shape index (κ2) is 8.45. The standard InChI is InChI=1S/C21H31N7O/c1-22-4-5-27-10-16-6-20(21(7-17(16)11-27)29-13-15-2-3-15)28-12-19(25-26-28)18-8-23-14-24-9-18/h8-9,12,14-17,20-22H,2-7,10-11,13H2,1H3/t16-,17+,20-,21-/m1/s1. The van der Waals surface area contributed by atoms with Crippen molar-refractivity contribution < 1.29 is 4.74 Å². The van der Waals surface area contributed by atoms with Gasteiger partial charge in [-0.05, 0) is 50.5 Å². The van der Waals surface area contributed by atoms with E-state index < -0.39 is 0 Å². The number of rotatable bonds is 8. The van der Waals surface area contributed by atoms with E-state index in [1.54, 1.807) is 12.4 Å². The highest BCUT2D eigenvalue weighted by atomic mass is 16.5. The molecule has 8 heteroatoms. The van der Waals surface area contributed by atoms with Crippen LogP contribution in [0.5, 0.6) is 0 Å². The molecule has 0 radical (unpaired) electrons. The fourth-order valence-corrected chi connectivity index (χ4v) is 4.94. The Bertz CT molecular complexity index is 793. The highest BCUT2D eigenvalue weighted by Gasteiger charge is 2.44. The minimum absolute atomic E-state index is 0.225. The van der Waals surface area contributed by atoms with Crippen LogP contribution in [-0.4, -0.2) is 75.8 Å². The van der Waals surface area contributed by atoms with Gasteiger partial charge in [-0.3, -0.25) is 0 Å². The smallest absolute Gasteiger partial charge is 0.116 e. The van der Waals surface area contributed by atoms with E-state index in [-0.39, 0.29) is 12.1 Å². The zero-order chi connectivity index (χ0) is 19.6. The molecule has 1 N–H and O–H groups in total. The van der Waals surface area contributed by atoms with Crippen LogP contribution in [0.1, 0.15) is 31.7 Å². The first kappa shape index (κ1) is 19.1. The van der Waals surface area contributed by atoms with Gasteiger partial charge in [0.1, 0.15) is 12.0 Å². The van der Waals surface area contributed by atoms with Crippen LogP contribution in [0.2, 0.25) is 0 Å². The molecule has 0 aromatic carbocycles. The fourth-order valence-electron chi connectivity index (χ4n) is 4.94. The summed E-state index contributed by atoms with van der Waals surface area (Å²) in [5.41, 5.74) is 1.73. The minimum Gasteiger partial charge on any atom is -0.376 e. The average molecular weight is 398 g/mol. The van der Waals surface area contributed by atoms with Crippen LogP contribution in [0.25, 0.3) is 11.3 Å². The van der Waals surface area contributed by atoms with Gasteiger partial charge in [0.25, 0.3) is 0 Å². The summed E-state index contributed by atoms with van der Waals surface area (Å²) >= 11 is 0. The van der Waals surface area contributed by atoms with E-state index in [0.717, 1.165) is 55.6 Å². The second-order valence-electron chi connectivity index (χ2n) is 8.95. The molecule has 2 aromatic rings. The lowest BCUT2D eigenvalue weighted by atomic mass is 9.77. The van der Waals surface area contributed by atoms with Gasteiger partial charge in [-0.15, -0.1) is 5.10 Å². The van der Waals surface area contributed by atoms with Gasteiger partial charge in [-0.1, -0.05) is 5.21 Å². The Morgan fingerprint density at radius 2 is 1.93 bits per heavy atom. The molecule has 0 unspecified atom stereocenters. The van der Waals surface area contributed by atoms with E-state index in [9.17, 15) is 0 Å². The van der Waals surface area contributed by atoms with Crippen molar-refractivity contribution in [2.75, 3.05) is 39.8 Å². The van der Waals surface area contributed by atoms with Crippen molar-refractivity contribution >= 4 is 0 Å². The lowest BCUT2D eigenvalue weighted by Gasteiger charge is -2.37. The predicted molar refractivity (Wildman–Crippen MR) is 109 cm³/mol. The van der Waals surface area contributed by atoms with Crippen LogP contribution in [0.3, 0.4) is 0 Å². The normalized spacial score (nSPS) is 29.8. The van der Waals surface area contributed by atoms with Crippen molar-refractivity contribution in [3.05, 3.63) is 24.9 Å². The maximum atomic E-state index is 6.47. The summed E-state index contributed by atoms with van der Waals surface area (Å²) in [5, 5.41) is 12.2. The molecule has 8 nitrogen and oxygen atoms in total. The molecule has 0 bridgehead atoms. The zero-order valence-corrected chi connectivity index (χ0v) is 17.2. The first-order valence-corrected chi connectivity index (χ1v) is 11.0. The molecule has 3 fully saturated rings. The highest BCUT2D eigenvalue weighted by molar-refractivity contribution is 5.54. The molecule has 4 atom stereocenters. The van der Waals surface area contributed by atoms with Crippen molar-refractivity contribution in [2.24, 2.45) is 17.8 Å². The quantitative estimate of drug-likeness (QED) is 0.725. The highest BCUT2D eigenvalue weighted by Crippen LogP contribution is 2.43. The molecule has 1 aliphatic heterocycles. The van der Waals surface area contributed by atoms with Crippen LogP contribution in [0.15, 0.2) is 24.9 Å². The Labute approximate surface area is 172 Å². The van der Waals surface area contributed by atoms with Gasteiger partial charge in [0.05, 0.1) is 18.3 Å². The van der Waals surface area contributed by atoms with E-state index in [1.165, 1.54) is 32.3 Å². The molecule has 156 valence electrons. The summed E-state index contributed by atoms with van der Waals surface area (Å²) in [7, 11) is 2.03. The molecule has 2 aromatic heterocycles. The van der Waals surface area contributed by atoms with Crippen molar-refractivity contribution in [3.8, 4) is 11.3 Å². The molecular formula is C21H31N7O. The van der Waals surface area contributed by atoms with Gasteiger partial charge in [0.15, 0.2) is 0 Å². The average Bonchev–Trinajstić information content (AvgIpc) is 3.30. The molecule has 29 heavy (non-hydrogen) atoms. The number of hydrogen-bond donors (Lipinski definition) is 1. The first-order valence-electron chi connectivity index (χ1n) is 11.0. The Morgan fingerprint density at radius 3 is 2.69 bits per heavy atom. The Balaban J connectivity index is 1.32. The summed E-state index contributed by atoms with van der Waals surface area (Å²) < 4.78 is 8.52. The van der Waals surface area contributed by atoms with E-state index in [0.29, 0.717) is 5.92 Å². The number of likely N-dealkylation sites (N-methyl/N-ethyl adjacent to an activating group) is 1. The summed E-state index contributed by atoms with van der Waals surface area (Å²) in [4.78, 5) is 10.8. The summed E-state index contributed by atoms with van der Waals surface area (Å²) in [5.74, 6) is 2.22. The third-order valence-electron chi connectivity index (χ3n) is 6.79. The number of fused-ring (bicyclic) bond motifs is 1. The molecule has 2 saturated carbocycles. The van der Waals surface area contributed by atoms with Crippen LogP contribution >= 0.6 is 0 Å². The van der Waals surface area contributed by atoms with Gasteiger partial charge in [0, 0.05) is 50.7 Å². The first-order chi connectivity index (χ1) is 14.3. The van der Waals surface area contributed by atoms with Gasteiger partial charge in [-0.2, -0.15) is 0 Å². The number of ether oxygens (including phenoxy) is 1. The molecular weight excluding hydrogens is 366 g/mol. The third kappa shape index (κ3) is 4.34. The van der Waals surface area contributed by atoms with Crippen molar-refractivity contribution in [3.63, 3.8) is 0 Å². The number of aromatic nitrogens is 5. The van der Waals surface area contributed by atoms with Crippen molar-refractivity contribution in [1.82, 2.24) is 35.2 Å². The van der Waals surface area contributed by atoms with E-state index >= 15 is 0 Å². The number of hydrogen-bond acceptors (Lipinski definition) is 7. The second-order valence-corrected chi connectivity index (χ2v) is 8.95. The van der Waals surface area contributed by atoms with Crippen molar-refractivity contribution in [2.45, 2.75) is 37.8 Å². The maximum Gasteiger partial charge on any atom is 0.116 e. The molecule has 3 aliphatic rings. The molecule has 0 spiro atoms. The Morgan fingerprint density at radius 1 is 1.14 bits per heavy atom. The largest absolute Gasteiger partial charge is 0.376 e. The van der Waals surface area contributed by atoms with E-state index in [4.69, 9.17) is 4.74 Å². The summed E-state index contributed by atoms with van der Waals surface area (Å²) in [6.07, 6.45) is 12.3. The molecule has 5 rings (SSSR count). The van der Waals surface area contributed by atoms with Crippen LogP contribution < -0.4 is 5.32 Å². The van der Waals surface area contributed by atoms with Gasteiger partial charge in [0.2, 0.25) is 0 Å². The van der Waals surface area contributed by atoms with Gasteiger partial charge >= 0.3 is 0 Å². The monoisotopic (exact) mass is 397 g/mol. The SMILES string of the molecule is CNCCN1C[C@H]2C[C@@H](n3cc(-c4cncnc4)nn3)[C@H](OCC3CC3)C[C@H]2C1. The minimum atomic E-state index is 0.225. The number of likely N-dealkylation sites (tertiary alicyclic amines) is 1.